The third-order valence-corrected chi connectivity index (χ3v) is 4.48. The van der Waals surface area contributed by atoms with Gasteiger partial charge in [0.2, 0.25) is 0 Å². The van der Waals surface area contributed by atoms with Crippen LogP contribution in [0.1, 0.15) is 22.3 Å². The summed E-state index contributed by atoms with van der Waals surface area (Å²) in [5.41, 5.74) is 4.09. The van der Waals surface area contributed by atoms with Crippen molar-refractivity contribution in [3.63, 3.8) is 0 Å². The number of quaternary nitrogens is 1. The van der Waals surface area contributed by atoms with E-state index in [9.17, 15) is 4.39 Å². The predicted octanol–water partition coefficient (Wildman–Crippen LogP) is 3.99. The molecule has 0 fully saturated rings. The molecule has 0 saturated heterocycles. The van der Waals surface area contributed by atoms with Crippen LogP contribution in [0.5, 0.6) is 11.5 Å². The van der Waals surface area contributed by atoms with Crippen LogP contribution in [0.3, 0.4) is 0 Å². The normalized spacial score (nSPS) is 10.6. The van der Waals surface area contributed by atoms with Crippen molar-refractivity contribution >= 4 is 0 Å². The molecule has 27 heavy (non-hydrogen) atoms. The van der Waals surface area contributed by atoms with E-state index < -0.39 is 0 Å². The van der Waals surface area contributed by atoms with Gasteiger partial charge in [0.25, 0.3) is 0 Å². The molecule has 0 aliphatic heterocycles. The molecule has 0 aliphatic carbocycles. The molecule has 0 spiro atoms. The number of halogens is 1. The van der Waals surface area contributed by atoms with Gasteiger partial charge in [-0.15, -0.1) is 0 Å². The lowest BCUT2D eigenvalue weighted by Gasteiger charge is -2.15. The van der Waals surface area contributed by atoms with Gasteiger partial charge in [0.05, 0.1) is 12.7 Å². The summed E-state index contributed by atoms with van der Waals surface area (Å²) in [5.74, 6) is 1.07. The molecule has 4 heteroatoms. The number of benzene rings is 3. The number of rotatable bonds is 8. The van der Waals surface area contributed by atoms with Crippen LogP contribution in [0.2, 0.25) is 0 Å². The SMILES string of the molecule is COc1cccc(C[NH2+]Cc2ccc(C)cc2)c1OCc1ccccc1F. The Labute approximate surface area is 159 Å². The number of hydrogen-bond donors (Lipinski definition) is 1. The second-order valence-corrected chi connectivity index (χ2v) is 6.51. The third kappa shape index (κ3) is 5.08. The molecule has 2 N–H and O–H groups in total. The Morgan fingerprint density at radius 3 is 2.33 bits per heavy atom. The van der Waals surface area contributed by atoms with Crippen molar-refractivity contribution in [1.82, 2.24) is 0 Å². The van der Waals surface area contributed by atoms with E-state index in [1.165, 1.54) is 17.2 Å². The summed E-state index contributed by atoms with van der Waals surface area (Å²) in [6, 6.07) is 21.0. The average molecular weight is 366 g/mol. The van der Waals surface area contributed by atoms with Gasteiger partial charge >= 0.3 is 0 Å². The highest BCUT2D eigenvalue weighted by Gasteiger charge is 2.13. The van der Waals surface area contributed by atoms with E-state index in [0.717, 1.165) is 18.7 Å². The molecular formula is C23H25FNO2+. The van der Waals surface area contributed by atoms with Gasteiger partial charge in [-0.1, -0.05) is 54.1 Å². The van der Waals surface area contributed by atoms with Crippen molar-refractivity contribution in [2.45, 2.75) is 26.6 Å². The number of aryl methyl sites for hydroxylation is 1. The second-order valence-electron chi connectivity index (χ2n) is 6.51. The zero-order chi connectivity index (χ0) is 19.1. The molecule has 0 atom stereocenters. The molecule has 3 rings (SSSR count). The number of para-hydroxylation sites is 1. The van der Waals surface area contributed by atoms with E-state index in [0.29, 0.717) is 17.1 Å². The fourth-order valence-corrected chi connectivity index (χ4v) is 2.93. The first-order valence-corrected chi connectivity index (χ1v) is 9.06. The summed E-state index contributed by atoms with van der Waals surface area (Å²) < 4.78 is 25.3. The van der Waals surface area contributed by atoms with Crippen molar-refractivity contribution < 1.29 is 19.2 Å². The smallest absolute Gasteiger partial charge is 0.170 e. The molecule has 3 nitrogen and oxygen atoms in total. The molecule has 0 aromatic heterocycles. The maximum absolute atomic E-state index is 13.9. The lowest BCUT2D eigenvalue weighted by Crippen LogP contribution is -2.80. The highest BCUT2D eigenvalue weighted by atomic mass is 19.1. The number of methoxy groups -OCH3 is 1. The Balaban J connectivity index is 1.69. The first-order valence-electron chi connectivity index (χ1n) is 9.06. The van der Waals surface area contributed by atoms with Crippen molar-refractivity contribution in [2.75, 3.05) is 7.11 Å². The fourth-order valence-electron chi connectivity index (χ4n) is 2.93. The Kier molecular flexibility index (Phi) is 6.44. The average Bonchev–Trinajstić information content (AvgIpc) is 2.69. The summed E-state index contributed by atoms with van der Waals surface area (Å²) >= 11 is 0. The fraction of sp³-hybridized carbons (Fsp3) is 0.217. The Bertz CT molecular complexity index is 878. The first kappa shape index (κ1) is 18.9. The topological polar surface area (TPSA) is 35.1 Å². The molecule has 0 saturated carbocycles. The largest absolute Gasteiger partial charge is 0.493 e. The van der Waals surface area contributed by atoms with Crippen LogP contribution >= 0.6 is 0 Å². The zero-order valence-electron chi connectivity index (χ0n) is 15.7. The maximum Gasteiger partial charge on any atom is 0.170 e. The number of hydrogen-bond acceptors (Lipinski definition) is 2. The zero-order valence-corrected chi connectivity index (χ0v) is 15.7. The Hall–Kier alpha value is -2.85. The molecule has 0 radical (unpaired) electrons. The number of ether oxygens (including phenoxy) is 2. The molecule has 3 aromatic rings. The van der Waals surface area contributed by atoms with Gasteiger partial charge in [0.15, 0.2) is 11.5 Å². The quantitative estimate of drug-likeness (QED) is 0.654. The summed E-state index contributed by atoms with van der Waals surface area (Å²) in [6.07, 6.45) is 0. The van der Waals surface area contributed by atoms with Crippen molar-refractivity contribution in [3.05, 3.63) is 94.8 Å². The van der Waals surface area contributed by atoms with Crippen LogP contribution in [0.25, 0.3) is 0 Å². The van der Waals surface area contributed by atoms with Gasteiger partial charge in [-0.25, -0.2) is 4.39 Å². The maximum atomic E-state index is 13.9. The summed E-state index contributed by atoms with van der Waals surface area (Å²) in [5, 5.41) is 2.22. The van der Waals surface area contributed by atoms with Crippen molar-refractivity contribution in [2.24, 2.45) is 0 Å². The molecule has 3 aromatic carbocycles. The minimum Gasteiger partial charge on any atom is -0.493 e. The number of nitrogens with two attached hydrogens (primary N) is 1. The van der Waals surface area contributed by atoms with Gasteiger partial charge in [-0.05, 0) is 25.1 Å². The van der Waals surface area contributed by atoms with Crippen LogP contribution in [0.15, 0.2) is 66.7 Å². The van der Waals surface area contributed by atoms with Gasteiger partial charge < -0.3 is 14.8 Å². The lowest BCUT2D eigenvalue weighted by molar-refractivity contribution is -0.686. The van der Waals surface area contributed by atoms with Crippen LogP contribution in [-0.4, -0.2) is 7.11 Å². The van der Waals surface area contributed by atoms with Gasteiger partial charge in [-0.3, -0.25) is 0 Å². The van der Waals surface area contributed by atoms with E-state index in [4.69, 9.17) is 9.47 Å². The summed E-state index contributed by atoms with van der Waals surface area (Å²) in [6.45, 7) is 3.88. The monoisotopic (exact) mass is 366 g/mol. The highest BCUT2D eigenvalue weighted by Crippen LogP contribution is 2.31. The van der Waals surface area contributed by atoms with E-state index in [-0.39, 0.29) is 12.4 Å². The third-order valence-electron chi connectivity index (χ3n) is 4.48. The molecule has 0 aliphatic rings. The van der Waals surface area contributed by atoms with E-state index in [2.05, 4.69) is 36.5 Å². The van der Waals surface area contributed by atoms with Crippen LogP contribution in [0, 0.1) is 12.7 Å². The van der Waals surface area contributed by atoms with Gasteiger partial charge in [0, 0.05) is 11.1 Å². The minimum atomic E-state index is -0.264. The van der Waals surface area contributed by atoms with E-state index >= 15 is 0 Å². The highest BCUT2D eigenvalue weighted by molar-refractivity contribution is 5.46. The molecule has 0 amide bonds. The first-order chi connectivity index (χ1) is 13.2. The molecular weight excluding hydrogens is 341 g/mol. The van der Waals surface area contributed by atoms with E-state index in [1.807, 2.05) is 18.2 Å². The summed E-state index contributed by atoms with van der Waals surface area (Å²) in [4.78, 5) is 0. The lowest BCUT2D eigenvalue weighted by atomic mass is 10.1. The Morgan fingerprint density at radius 2 is 1.59 bits per heavy atom. The van der Waals surface area contributed by atoms with Gasteiger partial charge in [0.1, 0.15) is 25.5 Å². The summed E-state index contributed by atoms with van der Waals surface area (Å²) in [7, 11) is 1.62. The van der Waals surface area contributed by atoms with Crippen molar-refractivity contribution in [3.8, 4) is 11.5 Å². The van der Waals surface area contributed by atoms with Gasteiger partial charge in [-0.2, -0.15) is 0 Å². The molecule has 140 valence electrons. The molecule has 0 unspecified atom stereocenters. The van der Waals surface area contributed by atoms with Crippen molar-refractivity contribution in [1.29, 1.82) is 0 Å². The minimum absolute atomic E-state index is 0.165. The van der Waals surface area contributed by atoms with Crippen LogP contribution in [0.4, 0.5) is 4.39 Å². The second kappa shape index (κ2) is 9.19. The van der Waals surface area contributed by atoms with E-state index in [1.54, 1.807) is 25.3 Å². The van der Waals surface area contributed by atoms with Crippen LogP contribution < -0.4 is 14.8 Å². The molecule has 0 heterocycles. The standard InChI is InChI=1S/C23H24FNO2/c1-17-10-12-18(13-11-17)14-25-15-19-7-5-9-22(26-2)23(19)27-16-20-6-3-4-8-21(20)24/h3-13,25H,14-16H2,1-2H3/p+1. The molecule has 0 bridgehead atoms. The Morgan fingerprint density at radius 1 is 0.852 bits per heavy atom. The van der Waals surface area contributed by atoms with Crippen LogP contribution in [-0.2, 0) is 19.7 Å². The predicted molar refractivity (Wildman–Crippen MR) is 104 cm³/mol.